The Morgan fingerprint density at radius 2 is 2.00 bits per heavy atom. The number of aryl methyl sites for hydroxylation is 2. The lowest BCUT2D eigenvalue weighted by Gasteiger charge is -2.21. The molecule has 0 radical (unpaired) electrons. The Kier molecular flexibility index (Phi) is 5.25. The molecule has 3 nitrogen and oxygen atoms in total. The van der Waals surface area contributed by atoms with Crippen LogP contribution in [0.5, 0.6) is 0 Å². The maximum atomic E-state index is 10.1. The van der Waals surface area contributed by atoms with E-state index in [2.05, 4.69) is 52.1 Å². The van der Waals surface area contributed by atoms with Crippen molar-refractivity contribution in [3.05, 3.63) is 27.7 Å². The molecule has 0 amide bonds. The minimum atomic E-state index is -0.314. The molecule has 1 saturated heterocycles. The Morgan fingerprint density at radius 1 is 1.32 bits per heavy atom. The van der Waals surface area contributed by atoms with Crippen molar-refractivity contribution < 1.29 is 5.11 Å². The van der Waals surface area contributed by atoms with E-state index in [1.807, 2.05) is 0 Å². The van der Waals surface area contributed by atoms with E-state index in [0.29, 0.717) is 6.54 Å². The molecular formula is C15H23BrN2O. The maximum absolute atomic E-state index is 10.1. The fraction of sp³-hybridized carbons (Fsp3) is 0.600. The van der Waals surface area contributed by atoms with Crippen LogP contribution >= 0.6 is 15.9 Å². The Morgan fingerprint density at radius 3 is 2.63 bits per heavy atom. The van der Waals surface area contributed by atoms with Gasteiger partial charge in [0.2, 0.25) is 0 Å². The number of anilines is 1. The molecule has 2 rings (SSSR count). The van der Waals surface area contributed by atoms with Gasteiger partial charge in [-0.2, -0.15) is 0 Å². The quantitative estimate of drug-likeness (QED) is 0.873. The van der Waals surface area contributed by atoms with Gasteiger partial charge in [-0.1, -0.05) is 6.07 Å². The van der Waals surface area contributed by atoms with Crippen molar-refractivity contribution in [2.45, 2.75) is 32.8 Å². The van der Waals surface area contributed by atoms with Crippen LogP contribution in [0.15, 0.2) is 16.6 Å². The summed E-state index contributed by atoms with van der Waals surface area (Å²) < 4.78 is 1.07. The Bertz CT molecular complexity index is 407. The van der Waals surface area contributed by atoms with E-state index >= 15 is 0 Å². The number of rotatable bonds is 5. The molecule has 106 valence electrons. The molecule has 1 fully saturated rings. The maximum Gasteiger partial charge on any atom is 0.0839 e. The summed E-state index contributed by atoms with van der Waals surface area (Å²) in [7, 11) is 0. The third-order valence-electron chi connectivity index (χ3n) is 3.61. The van der Waals surface area contributed by atoms with E-state index in [9.17, 15) is 5.11 Å². The standard InChI is InChI=1S/C15H23BrN2O/c1-11-7-12(2)15(14(16)8-11)17-9-13(19)10-18-5-3-4-6-18/h7-8,13,17,19H,3-6,9-10H2,1-2H3. The van der Waals surface area contributed by atoms with Crippen molar-refractivity contribution in [1.82, 2.24) is 4.90 Å². The Labute approximate surface area is 124 Å². The fourth-order valence-electron chi connectivity index (χ4n) is 2.69. The zero-order valence-corrected chi connectivity index (χ0v) is 13.3. The first-order valence-electron chi connectivity index (χ1n) is 6.97. The number of aliphatic hydroxyl groups is 1. The first-order chi connectivity index (χ1) is 9.06. The van der Waals surface area contributed by atoms with E-state index in [4.69, 9.17) is 0 Å². The van der Waals surface area contributed by atoms with Crippen molar-refractivity contribution in [3.63, 3.8) is 0 Å². The molecule has 1 aromatic rings. The van der Waals surface area contributed by atoms with Gasteiger partial charge in [-0.25, -0.2) is 0 Å². The van der Waals surface area contributed by atoms with Crippen molar-refractivity contribution in [3.8, 4) is 0 Å². The highest BCUT2D eigenvalue weighted by Crippen LogP contribution is 2.27. The number of halogens is 1. The summed E-state index contributed by atoms with van der Waals surface area (Å²) in [6, 6.07) is 4.25. The molecule has 0 aromatic heterocycles. The molecule has 1 heterocycles. The zero-order valence-electron chi connectivity index (χ0n) is 11.7. The van der Waals surface area contributed by atoms with E-state index in [0.717, 1.165) is 29.8 Å². The second kappa shape index (κ2) is 6.73. The van der Waals surface area contributed by atoms with Crippen LogP contribution in [0.4, 0.5) is 5.69 Å². The van der Waals surface area contributed by atoms with Crippen LogP contribution in [0.2, 0.25) is 0 Å². The Hall–Kier alpha value is -0.580. The summed E-state index contributed by atoms with van der Waals surface area (Å²) in [6.07, 6.45) is 2.22. The number of likely N-dealkylation sites (tertiary alicyclic amines) is 1. The number of benzene rings is 1. The molecule has 1 atom stereocenters. The van der Waals surface area contributed by atoms with E-state index in [-0.39, 0.29) is 6.10 Å². The van der Waals surface area contributed by atoms with Gasteiger partial charge >= 0.3 is 0 Å². The summed E-state index contributed by atoms with van der Waals surface area (Å²) in [5, 5.41) is 13.4. The van der Waals surface area contributed by atoms with Crippen LogP contribution in [0.25, 0.3) is 0 Å². The van der Waals surface area contributed by atoms with Crippen LogP contribution in [0.3, 0.4) is 0 Å². The van der Waals surface area contributed by atoms with Crippen molar-refractivity contribution in [2.24, 2.45) is 0 Å². The smallest absolute Gasteiger partial charge is 0.0839 e. The second-order valence-corrected chi connectivity index (χ2v) is 6.34. The first-order valence-corrected chi connectivity index (χ1v) is 7.76. The number of aliphatic hydroxyl groups excluding tert-OH is 1. The predicted octanol–water partition coefficient (Wildman–Crippen LogP) is 2.93. The van der Waals surface area contributed by atoms with Gasteiger partial charge in [0.15, 0.2) is 0 Å². The average molecular weight is 327 g/mol. The van der Waals surface area contributed by atoms with Crippen LogP contribution in [0, 0.1) is 13.8 Å². The number of hydrogen-bond donors (Lipinski definition) is 2. The van der Waals surface area contributed by atoms with Gasteiger partial charge < -0.3 is 15.3 Å². The van der Waals surface area contributed by atoms with Crippen LogP contribution in [-0.2, 0) is 0 Å². The molecule has 0 aliphatic carbocycles. The average Bonchev–Trinajstić information content (AvgIpc) is 2.80. The third-order valence-corrected chi connectivity index (χ3v) is 4.24. The van der Waals surface area contributed by atoms with Crippen molar-refractivity contribution in [1.29, 1.82) is 0 Å². The van der Waals surface area contributed by atoms with Crippen molar-refractivity contribution in [2.75, 3.05) is 31.5 Å². The highest BCUT2D eigenvalue weighted by molar-refractivity contribution is 9.10. The predicted molar refractivity (Wildman–Crippen MR) is 83.8 cm³/mol. The van der Waals surface area contributed by atoms with Crippen LogP contribution in [-0.4, -0.2) is 42.3 Å². The topological polar surface area (TPSA) is 35.5 Å². The van der Waals surface area contributed by atoms with Gasteiger partial charge in [0.05, 0.1) is 11.8 Å². The first kappa shape index (κ1) is 14.8. The number of nitrogens with one attached hydrogen (secondary N) is 1. The molecule has 1 aliphatic heterocycles. The summed E-state index contributed by atoms with van der Waals surface area (Å²) in [5.74, 6) is 0. The van der Waals surface area contributed by atoms with Gasteiger partial charge in [0, 0.05) is 17.6 Å². The number of β-amino-alcohol motifs (C(OH)–C–C–N with tert-alkyl or cyclic N) is 1. The lowest BCUT2D eigenvalue weighted by atomic mass is 10.1. The van der Waals surface area contributed by atoms with Crippen LogP contribution < -0.4 is 5.32 Å². The fourth-order valence-corrected chi connectivity index (χ4v) is 3.50. The summed E-state index contributed by atoms with van der Waals surface area (Å²) in [5.41, 5.74) is 3.54. The monoisotopic (exact) mass is 326 g/mol. The molecule has 1 aromatic carbocycles. The summed E-state index contributed by atoms with van der Waals surface area (Å²) in [6.45, 7) is 7.81. The third kappa shape index (κ3) is 4.20. The highest BCUT2D eigenvalue weighted by atomic mass is 79.9. The molecule has 0 bridgehead atoms. The lowest BCUT2D eigenvalue weighted by Crippen LogP contribution is -2.34. The van der Waals surface area contributed by atoms with Crippen molar-refractivity contribution >= 4 is 21.6 Å². The molecule has 4 heteroatoms. The molecular weight excluding hydrogens is 304 g/mol. The zero-order chi connectivity index (χ0) is 13.8. The van der Waals surface area contributed by atoms with E-state index in [1.54, 1.807) is 0 Å². The van der Waals surface area contributed by atoms with E-state index < -0.39 is 0 Å². The lowest BCUT2D eigenvalue weighted by molar-refractivity contribution is 0.135. The molecule has 0 spiro atoms. The highest BCUT2D eigenvalue weighted by Gasteiger charge is 2.16. The molecule has 1 aliphatic rings. The minimum absolute atomic E-state index is 0.314. The van der Waals surface area contributed by atoms with E-state index in [1.165, 1.54) is 24.0 Å². The normalized spacial score (nSPS) is 17.7. The molecule has 2 N–H and O–H groups in total. The minimum Gasteiger partial charge on any atom is -0.390 e. The summed E-state index contributed by atoms with van der Waals surface area (Å²) >= 11 is 3.58. The Balaban J connectivity index is 1.87. The molecule has 0 saturated carbocycles. The number of nitrogens with zero attached hydrogens (tertiary/aromatic N) is 1. The SMILES string of the molecule is Cc1cc(C)c(NCC(O)CN2CCCC2)c(Br)c1. The van der Waals surface area contributed by atoms with Gasteiger partial charge in [0.25, 0.3) is 0 Å². The van der Waals surface area contributed by atoms with Gasteiger partial charge in [-0.05, 0) is 72.9 Å². The van der Waals surface area contributed by atoms with Gasteiger partial charge in [-0.15, -0.1) is 0 Å². The second-order valence-electron chi connectivity index (χ2n) is 5.48. The number of hydrogen-bond acceptors (Lipinski definition) is 3. The largest absolute Gasteiger partial charge is 0.390 e. The molecule has 19 heavy (non-hydrogen) atoms. The molecule has 1 unspecified atom stereocenters. The summed E-state index contributed by atoms with van der Waals surface area (Å²) in [4.78, 5) is 2.34. The van der Waals surface area contributed by atoms with Gasteiger partial charge in [0.1, 0.15) is 0 Å². The van der Waals surface area contributed by atoms with Gasteiger partial charge in [-0.3, -0.25) is 0 Å². The van der Waals surface area contributed by atoms with Crippen LogP contribution in [0.1, 0.15) is 24.0 Å².